The second-order valence-electron chi connectivity index (χ2n) is 3.98. The lowest BCUT2D eigenvalue weighted by atomic mass is 9.79. The summed E-state index contributed by atoms with van der Waals surface area (Å²) >= 11 is 0. The summed E-state index contributed by atoms with van der Waals surface area (Å²) in [5.41, 5.74) is 2.48. The molecule has 2 nitrogen and oxygen atoms in total. The molecule has 0 amide bonds. The molecule has 0 aromatic heterocycles. The average molecular weight is 230 g/mol. The molecule has 0 aliphatic heterocycles. The number of aryl methyl sites for hydroxylation is 1. The van der Waals surface area contributed by atoms with Gasteiger partial charge in [-0.2, -0.15) is 0 Å². The molecule has 4 heteroatoms. The minimum atomic E-state index is -1.64. The van der Waals surface area contributed by atoms with Gasteiger partial charge in [-0.15, -0.1) is 0 Å². The SMILES string of the molecule is Cc1ccc(-c2ccc(B(O)O)cc2F)cc1. The standard InChI is InChI=1S/C13H12BFO2/c1-9-2-4-10(5-3-9)12-7-6-11(14(16)17)8-13(12)15/h2-8,16-17H,1H3. The van der Waals surface area contributed by atoms with Gasteiger partial charge in [-0.1, -0.05) is 42.0 Å². The number of hydrogen-bond donors (Lipinski definition) is 2. The van der Waals surface area contributed by atoms with Crippen LogP contribution in [-0.2, 0) is 0 Å². The summed E-state index contributed by atoms with van der Waals surface area (Å²) in [5, 5.41) is 17.9. The summed E-state index contributed by atoms with van der Waals surface area (Å²) in [6.45, 7) is 1.96. The summed E-state index contributed by atoms with van der Waals surface area (Å²) in [7, 11) is -1.64. The Balaban J connectivity index is 2.43. The van der Waals surface area contributed by atoms with Crippen LogP contribution in [0.3, 0.4) is 0 Å². The van der Waals surface area contributed by atoms with E-state index in [2.05, 4.69) is 0 Å². The van der Waals surface area contributed by atoms with E-state index >= 15 is 0 Å². The molecule has 0 saturated heterocycles. The van der Waals surface area contributed by atoms with E-state index in [-0.39, 0.29) is 5.46 Å². The summed E-state index contributed by atoms with van der Waals surface area (Å²) in [5.74, 6) is -0.459. The van der Waals surface area contributed by atoms with Gasteiger partial charge in [0.15, 0.2) is 0 Å². The third-order valence-electron chi connectivity index (χ3n) is 2.65. The first-order chi connectivity index (χ1) is 8.08. The van der Waals surface area contributed by atoms with Crippen LogP contribution in [-0.4, -0.2) is 17.2 Å². The van der Waals surface area contributed by atoms with Gasteiger partial charge in [-0.3, -0.25) is 0 Å². The van der Waals surface area contributed by atoms with E-state index in [1.165, 1.54) is 6.07 Å². The Morgan fingerprint density at radius 3 is 2.18 bits per heavy atom. The molecule has 0 spiro atoms. The van der Waals surface area contributed by atoms with Crippen LogP contribution < -0.4 is 5.46 Å². The van der Waals surface area contributed by atoms with E-state index in [4.69, 9.17) is 10.0 Å². The fourth-order valence-corrected chi connectivity index (χ4v) is 1.66. The number of hydrogen-bond acceptors (Lipinski definition) is 2. The highest BCUT2D eigenvalue weighted by Gasteiger charge is 2.13. The highest BCUT2D eigenvalue weighted by atomic mass is 19.1. The Morgan fingerprint density at radius 1 is 1.00 bits per heavy atom. The van der Waals surface area contributed by atoms with Crippen molar-refractivity contribution in [2.24, 2.45) is 0 Å². The van der Waals surface area contributed by atoms with Crippen LogP contribution in [0.1, 0.15) is 5.56 Å². The smallest absolute Gasteiger partial charge is 0.423 e. The van der Waals surface area contributed by atoms with Crippen LogP contribution in [0, 0.1) is 12.7 Å². The van der Waals surface area contributed by atoms with Crippen molar-refractivity contribution < 1.29 is 14.4 Å². The van der Waals surface area contributed by atoms with E-state index < -0.39 is 12.9 Å². The summed E-state index contributed by atoms with van der Waals surface area (Å²) in [4.78, 5) is 0. The van der Waals surface area contributed by atoms with Crippen molar-refractivity contribution in [2.75, 3.05) is 0 Å². The Bertz CT molecular complexity index is 523. The van der Waals surface area contributed by atoms with Crippen molar-refractivity contribution in [1.29, 1.82) is 0 Å². The van der Waals surface area contributed by atoms with E-state index in [0.717, 1.165) is 17.2 Å². The van der Waals surface area contributed by atoms with Crippen molar-refractivity contribution in [3.8, 4) is 11.1 Å². The quantitative estimate of drug-likeness (QED) is 0.767. The Morgan fingerprint density at radius 2 is 1.65 bits per heavy atom. The highest BCUT2D eigenvalue weighted by molar-refractivity contribution is 6.58. The molecule has 0 fully saturated rings. The molecule has 0 aliphatic rings. The lowest BCUT2D eigenvalue weighted by Crippen LogP contribution is -2.29. The first kappa shape index (κ1) is 11.8. The van der Waals surface area contributed by atoms with Crippen LogP contribution >= 0.6 is 0 Å². The van der Waals surface area contributed by atoms with Gasteiger partial charge in [0.1, 0.15) is 5.82 Å². The van der Waals surface area contributed by atoms with Crippen molar-refractivity contribution in [3.63, 3.8) is 0 Å². The molecule has 0 radical (unpaired) electrons. The summed E-state index contributed by atoms with van der Waals surface area (Å²) < 4.78 is 13.8. The molecule has 0 saturated carbocycles. The van der Waals surface area contributed by atoms with Gasteiger partial charge in [0.25, 0.3) is 0 Å². The molecule has 0 heterocycles. The van der Waals surface area contributed by atoms with Crippen molar-refractivity contribution in [3.05, 3.63) is 53.8 Å². The van der Waals surface area contributed by atoms with Gasteiger partial charge in [-0.25, -0.2) is 4.39 Å². The molecule has 0 aliphatic carbocycles. The molecule has 0 unspecified atom stereocenters. The lowest BCUT2D eigenvalue weighted by molar-refractivity contribution is 0.425. The van der Waals surface area contributed by atoms with Crippen molar-refractivity contribution in [1.82, 2.24) is 0 Å². The Hall–Kier alpha value is -1.65. The predicted molar refractivity (Wildman–Crippen MR) is 66.4 cm³/mol. The summed E-state index contributed by atoms with van der Waals surface area (Å²) in [6.07, 6.45) is 0. The van der Waals surface area contributed by atoms with Gasteiger partial charge < -0.3 is 10.0 Å². The zero-order valence-electron chi connectivity index (χ0n) is 9.39. The van der Waals surface area contributed by atoms with Crippen LogP contribution in [0.2, 0.25) is 0 Å². The minimum Gasteiger partial charge on any atom is -0.423 e. The van der Waals surface area contributed by atoms with Crippen molar-refractivity contribution >= 4 is 12.6 Å². The maximum Gasteiger partial charge on any atom is 0.488 e. The molecule has 0 atom stereocenters. The Kier molecular flexibility index (Phi) is 3.27. The first-order valence-electron chi connectivity index (χ1n) is 5.30. The van der Waals surface area contributed by atoms with E-state index in [9.17, 15) is 4.39 Å². The van der Waals surface area contributed by atoms with Crippen LogP contribution in [0.25, 0.3) is 11.1 Å². The van der Waals surface area contributed by atoms with Gasteiger partial charge in [0.05, 0.1) is 0 Å². The van der Waals surface area contributed by atoms with Gasteiger partial charge in [0.2, 0.25) is 0 Å². The fraction of sp³-hybridized carbons (Fsp3) is 0.0769. The van der Waals surface area contributed by atoms with E-state index in [0.29, 0.717) is 5.56 Å². The number of halogens is 1. The van der Waals surface area contributed by atoms with Gasteiger partial charge >= 0.3 is 7.12 Å². The maximum absolute atomic E-state index is 13.8. The number of rotatable bonds is 2. The summed E-state index contributed by atoms with van der Waals surface area (Å²) in [6, 6.07) is 11.7. The molecule has 0 bridgehead atoms. The normalized spacial score (nSPS) is 10.4. The second-order valence-corrected chi connectivity index (χ2v) is 3.98. The Labute approximate surface area is 99.5 Å². The second kappa shape index (κ2) is 4.69. The zero-order chi connectivity index (χ0) is 12.4. The lowest BCUT2D eigenvalue weighted by Gasteiger charge is -2.06. The first-order valence-corrected chi connectivity index (χ1v) is 5.30. The molecule has 17 heavy (non-hydrogen) atoms. The largest absolute Gasteiger partial charge is 0.488 e. The van der Waals surface area contributed by atoms with Crippen molar-refractivity contribution in [2.45, 2.75) is 6.92 Å². The van der Waals surface area contributed by atoms with E-state index in [1.54, 1.807) is 6.07 Å². The molecule has 86 valence electrons. The fourth-order valence-electron chi connectivity index (χ4n) is 1.66. The average Bonchev–Trinajstić information content (AvgIpc) is 2.30. The highest BCUT2D eigenvalue weighted by Crippen LogP contribution is 2.22. The van der Waals surface area contributed by atoms with Crippen LogP contribution in [0.5, 0.6) is 0 Å². The molecule has 2 aromatic rings. The van der Waals surface area contributed by atoms with Gasteiger partial charge in [-0.05, 0) is 24.0 Å². The third kappa shape index (κ3) is 2.54. The predicted octanol–water partition coefficient (Wildman–Crippen LogP) is 1.48. The zero-order valence-corrected chi connectivity index (χ0v) is 9.39. The topological polar surface area (TPSA) is 40.5 Å². The van der Waals surface area contributed by atoms with E-state index in [1.807, 2.05) is 31.2 Å². The number of benzene rings is 2. The monoisotopic (exact) mass is 230 g/mol. The minimum absolute atomic E-state index is 0.151. The molecule has 2 rings (SSSR count). The molecule has 2 aromatic carbocycles. The maximum atomic E-state index is 13.8. The van der Waals surface area contributed by atoms with Gasteiger partial charge in [0, 0.05) is 5.56 Å². The molecular weight excluding hydrogens is 218 g/mol. The third-order valence-corrected chi connectivity index (χ3v) is 2.65. The molecule has 2 N–H and O–H groups in total. The van der Waals surface area contributed by atoms with Crippen LogP contribution in [0.4, 0.5) is 4.39 Å². The van der Waals surface area contributed by atoms with Crippen LogP contribution in [0.15, 0.2) is 42.5 Å². The molecular formula is C13H12BFO2.